The van der Waals surface area contributed by atoms with E-state index in [-0.39, 0.29) is 6.04 Å². The van der Waals surface area contributed by atoms with Crippen molar-refractivity contribution < 1.29 is 9.84 Å². The van der Waals surface area contributed by atoms with Gasteiger partial charge in [-0.1, -0.05) is 31.5 Å². The van der Waals surface area contributed by atoms with E-state index in [0.29, 0.717) is 13.0 Å². The fraction of sp³-hybridized carbons (Fsp3) is 0.625. The molecule has 1 aromatic rings. The summed E-state index contributed by atoms with van der Waals surface area (Å²) in [4.78, 5) is 0. The van der Waals surface area contributed by atoms with Crippen LogP contribution in [0.4, 0.5) is 0 Å². The van der Waals surface area contributed by atoms with Crippen LogP contribution in [0.3, 0.4) is 0 Å². The van der Waals surface area contributed by atoms with E-state index in [1.54, 1.807) is 6.92 Å². The minimum Gasteiger partial charge on any atom is -0.490 e. The van der Waals surface area contributed by atoms with Crippen LogP contribution in [0.25, 0.3) is 0 Å². The molecule has 0 saturated carbocycles. The van der Waals surface area contributed by atoms with Crippen molar-refractivity contribution in [1.82, 2.24) is 5.32 Å². The molecule has 0 aromatic heterocycles. The van der Waals surface area contributed by atoms with Crippen molar-refractivity contribution in [3.63, 3.8) is 0 Å². The number of aliphatic hydroxyl groups is 1. The van der Waals surface area contributed by atoms with Gasteiger partial charge in [-0.05, 0) is 39.8 Å². The average Bonchev–Trinajstić information content (AvgIpc) is 2.37. The highest BCUT2D eigenvalue weighted by Crippen LogP contribution is 2.27. The highest BCUT2D eigenvalue weighted by molar-refractivity contribution is 5.39. The number of aryl methyl sites for hydroxylation is 1. The van der Waals surface area contributed by atoms with Crippen molar-refractivity contribution in [2.45, 2.75) is 52.7 Å². The Bertz CT molecular complexity index is 402. The monoisotopic (exact) mass is 265 g/mol. The van der Waals surface area contributed by atoms with E-state index in [2.05, 4.69) is 32.2 Å². The van der Waals surface area contributed by atoms with Crippen LogP contribution in [0, 0.1) is 6.92 Å². The van der Waals surface area contributed by atoms with Crippen LogP contribution in [0.5, 0.6) is 5.75 Å². The molecule has 0 heterocycles. The molecule has 1 aromatic carbocycles. The molecule has 19 heavy (non-hydrogen) atoms. The predicted octanol–water partition coefficient (Wildman–Crippen LogP) is 3.21. The number of nitrogens with one attached hydrogen (secondary N) is 1. The van der Waals surface area contributed by atoms with Crippen molar-refractivity contribution in [3.05, 3.63) is 29.3 Å². The predicted molar refractivity (Wildman–Crippen MR) is 79.7 cm³/mol. The fourth-order valence-electron chi connectivity index (χ4n) is 1.89. The van der Waals surface area contributed by atoms with Gasteiger partial charge in [0, 0.05) is 11.6 Å². The molecule has 0 aliphatic carbocycles. The third-order valence-electron chi connectivity index (χ3n) is 3.44. The molecule has 0 saturated heterocycles. The van der Waals surface area contributed by atoms with Crippen molar-refractivity contribution in [1.29, 1.82) is 0 Å². The van der Waals surface area contributed by atoms with Gasteiger partial charge in [-0.2, -0.15) is 0 Å². The van der Waals surface area contributed by atoms with Crippen LogP contribution < -0.4 is 10.1 Å². The second-order valence-corrected chi connectivity index (χ2v) is 5.46. The molecule has 0 fully saturated rings. The standard InChI is InChI=1S/C16H27NO2/c1-6-16(5,18)11-19-15-9-8-12(3)10-14(15)13(4)17-7-2/h8-10,13,17-18H,6-7,11H2,1-5H3. The maximum Gasteiger partial charge on any atom is 0.124 e. The van der Waals surface area contributed by atoms with E-state index in [4.69, 9.17) is 4.74 Å². The van der Waals surface area contributed by atoms with Gasteiger partial charge in [0.05, 0.1) is 5.60 Å². The molecular formula is C16H27NO2. The van der Waals surface area contributed by atoms with Gasteiger partial charge in [0.25, 0.3) is 0 Å². The highest BCUT2D eigenvalue weighted by Gasteiger charge is 2.20. The van der Waals surface area contributed by atoms with E-state index in [1.165, 1.54) is 5.56 Å². The topological polar surface area (TPSA) is 41.5 Å². The summed E-state index contributed by atoms with van der Waals surface area (Å²) in [7, 11) is 0. The van der Waals surface area contributed by atoms with E-state index in [0.717, 1.165) is 17.9 Å². The van der Waals surface area contributed by atoms with E-state index < -0.39 is 5.60 Å². The lowest BCUT2D eigenvalue weighted by Gasteiger charge is -2.24. The van der Waals surface area contributed by atoms with Crippen molar-refractivity contribution >= 4 is 0 Å². The van der Waals surface area contributed by atoms with Crippen LogP contribution in [-0.2, 0) is 0 Å². The average molecular weight is 265 g/mol. The van der Waals surface area contributed by atoms with E-state index >= 15 is 0 Å². The van der Waals surface area contributed by atoms with Gasteiger partial charge in [-0.25, -0.2) is 0 Å². The summed E-state index contributed by atoms with van der Waals surface area (Å²) in [5.74, 6) is 0.854. The first-order valence-electron chi connectivity index (χ1n) is 7.08. The molecule has 0 radical (unpaired) electrons. The Hall–Kier alpha value is -1.06. The third kappa shape index (κ3) is 4.84. The zero-order valence-electron chi connectivity index (χ0n) is 12.8. The van der Waals surface area contributed by atoms with E-state index in [1.807, 2.05) is 19.1 Å². The lowest BCUT2D eigenvalue weighted by molar-refractivity contribution is 0.00805. The number of ether oxygens (including phenoxy) is 1. The second kappa shape index (κ2) is 6.92. The smallest absolute Gasteiger partial charge is 0.124 e. The van der Waals surface area contributed by atoms with Crippen molar-refractivity contribution in [2.24, 2.45) is 0 Å². The van der Waals surface area contributed by atoms with Gasteiger partial charge in [-0.3, -0.25) is 0 Å². The summed E-state index contributed by atoms with van der Waals surface area (Å²) in [5, 5.41) is 13.4. The maximum atomic E-state index is 10.0. The molecule has 108 valence electrons. The number of hydrogen-bond acceptors (Lipinski definition) is 3. The first kappa shape index (κ1) is 16.0. The molecular weight excluding hydrogens is 238 g/mol. The molecule has 0 bridgehead atoms. The highest BCUT2D eigenvalue weighted by atomic mass is 16.5. The first-order chi connectivity index (χ1) is 8.89. The molecule has 0 amide bonds. The molecule has 0 aliphatic heterocycles. The Morgan fingerprint density at radius 1 is 1.37 bits per heavy atom. The van der Waals surface area contributed by atoms with Crippen LogP contribution in [0.2, 0.25) is 0 Å². The molecule has 2 unspecified atom stereocenters. The van der Waals surface area contributed by atoms with Gasteiger partial charge in [0.2, 0.25) is 0 Å². The second-order valence-electron chi connectivity index (χ2n) is 5.46. The van der Waals surface area contributed by atoms with Crippen LogP contribution in [0.15, 0.2) is 18.2 Å². The number of rotatable bonds is 7. The van der Waals surface area contributed by atoms with E-state index in [9.17, 15) is 5.11 Å². The summed E-state index contributed by atoms with van der Waals surface area (Å²) in [6.45, 7) is 11.3. The SMILES string of the molecule is CCNC(C)c1cc(C)ccc1OCC(C)(O)CC. The van der Waals surface area contributed by atoms with Gasteiger partial charge < -0.3 is 15.2 Å². The molecule has 2 atom stereocenters. The van der Waals surface area contributed by atoms with Gasteiger partial charge >= 0.3 is 0 Å². The molecule has 3 heteroatoms. The minimum atomic E-state index is -0.774. The van der Waals surface area contributed by atoms with Crippen LogP contribution in [0.1, 0.15) is 51.3 Å². The Kier molecular flexibility index (Phi) is 5.83. The summed E-state index contributed by atoms with van der Waals surface area (Å²) >= 11 is 0. The zero-order valence-corrected chi connectivity index (χ0v) is 12.8. The van der Waals surface area contributed by atoms with Gasteiger partial charge in [0.15, 0.2) is 0 Å². The Balaban J connectivity index is 2.87. The summed E-state index contributed by atoms with van der Waals surface area (Å²) in [5.41, 5.74) is 1.59. The quantitative estimate of drug-likeness (QED) is 0.795. The zero-order chi connectivity index (χ0) is 14.5. The summed E-state index contributed by atoms with van der Waals surface area (Å²) in [6, 6.07) is 6.41. The largest absolute Gasteiger partial charge is 0.490 e. The summed E-state index contributed by atoms with van der Waals surface area (Å²) < 4.78 is 5.83. The lowest BCUT2D eigenvalue weighted by Crippen LogP contribution is -2.31. The van der Waals surface area contributed by atoms with Crippen molar-refractivity contribution in [3.8, 4) is 5.75 Å². The molecule has 0 spiro atoms. The third-order valence-corrected chi connectivity index (χ3v) is 3.44. The molecule has 1 rings (SSSR count). The number of benzene rings is 1. The van der Waals surface area contributed by atoms with Crippen LogP contribution >= 0.6 is 0 Å². The number of hydrogen-bond donors (Lipinski definition) is 2. The molecule has 0 aliphatic rings. The first-order valence-corrected chi connectivity index (χ1v) is 7.08. The fourth-order valence-corrected chi connectivity index (χ4v) is 1.89. The lowest BCUT2D eigenvalue weighted by atomic mass is 10.0. The van der Waals surface area contributed by atoms with Gasteiger partial charge in [-0.15, -0.1) is 0 Å². The van der Waals surface area contributed by atoms with Crippen molar-refractivity contribution in [2.75, 3.05) is 13.2 Å². The normalized spacial score (nSPS) is 15.9. The molecule has 3 nitrogen and oxygen atoms in total. The molecule has 2 N–H and O–H groups in total. The Labute approximate surface area is 117 Å². The Morgan fingerprint density at radius 2 is 2.05 bits per heavy atom. The summed E-state index contributed by atoms with van der Waals surface area (Å²) in [6.07, 6.45) is 0.678. The van der Waals surface area contributed by atoms with Gasteiger partial charge in [0.1, 0.15) is 12.4 Å². The Morgan fingerprint density at radius 3 is 2.63 bits per heavy atom. The van der Waals surface area contributed by atoms with Crippen LogP contribution in [-0.4, -0.2) is 23.9 Å². The maximum absolute atomic E-state index is 10.0. The minimum absolute atomic E-state index is 0.242.